The fourth-order valence-electron chi connectivity index (χ4n) is 1.48. The number of phenolic OH excluding ortho intramolecular Hbond substituents is 1. The van der Waals surface area contributed by atoms with Crippen LogP contribution in [0.25, 0.3) is 11.4 Å². The number of halogens is 2. The second-order valence-electron chi connectivity index (χ2n) is 3.67. The molecule has 0 aliphatic rings. The van der Waals surface area contributed by atoms with E-state index < -0.39 is 17.4 Å². The van der Waals surface area contributed by atoms with Gasteiger partial charge in [0.2, 0.25) is 5.82 Å². The lowest BCUT2D eigenvalue weighted by Crippen LogP contribution is -1.96. The van der Waals surface area contributed by atoms with Crippen LogP contribution in [0, 0.1) is 11.6 Å². The first-order chi connectivity index (χ1) is 8.63. The summed E-state index contributed by atoms with van der Waals surface area (Å²) in [5, 5.41) is 9.02. The summed E-state index contributed by atoms with van der Waals surface area (Å²) in [6, 6.07) is 2.30. The van der Waals surface area contributed by atoms with E-state index in [2.05, 4.69) is 16.5 Å². The number of nitrogens with zero attached hydrogens (tertiary/aromatic N) is 2. The number of allylic oxidation sites excluding steroid dienone is 1. The number of rotatable bonds is 3. The van der Waals surface area contributed by atoms with Gasteiger partial charge in [0, 0.05) is 12.4 Å². The highest BCUT2D eigenvalue weighted by molar-refractivity contribution is 5.57. The van der Waals surface area contributed by atoms with Gasteiger partial charge >= 0.3 is 0 Å². The summed E-state index contributed by atoms with van der Waals surface area (Å²) in [4.78, 5) is 7.90. The Morgan fingerprint density at radius 2 is 1.83 bits per heavy atom. The number of phenols is 1. The molecule has 1 aromatic heterocycles. The molecule has 1 heterocycles. The van der Waals surface area contributed by atoms with Crippen LogP contribution in [-0.2, 0) is 6.42 Å². The Hall–Kier alpha value is -2.30. The van der Waals surface area contributed by atoms with Crippen LogP contribution < -0.4 is 0 Å². The Bertz CT molecular complexity index is 582. The van der Waals surface area contributed by atoms with Crippen molar-refractivity contribution >= 4 is 0 Å². The molecular weight excluding hydrogens is 238 g/mol. The van der Waals surface area contributed by atoms with Gasteiger partial charge in [0.25, 0.3) is 0 Å². The summed E-state index contributed by atoms with van der Waals surface area (Å²) in [6.45, 7) is 3.58. The van der Waals surface area contributed by atoms with E-state index in [0.717, 1.165) is 11.6 Å². The quantitative estimate of drug-likeness (QED) is 0.849. The van der Waals surface area contributed by atoms with Crippen LogP contribution in [0.15, 0.2) is 37.2 Å². The normalized spacial score (nSPS) is 10.3. The second kappa shape index (κ2) is 4.91. The van der Waals surface area contributed by atoms with Crippen molar-refractivity contribution in [1.29, 1.82) is 0 Å². The summed E-state index contributed by atoms with van der Waals surface area (Å²) >= 11 is 0. The number of aromatic hydroxyl groups is 1. The van der Waals surface area contributed by atoms with Gasteiger partial charge in [0.1, 0.15) is 0 Å². The summed E-state index contributed by atoms with van der Waals surface area (Å²) in [6.07, 6.45) is 5.34. The SMILES string of the molecule is C=CCc1cnc(-c2ccc(O)c(F)c2F)nc1. The van der Waals surface area contributed by atoms with Crippen molar-refractivity contribution < 1.29 is 13.9 Å². The lowest BCUT2D eigenvalue weighted by molar-refractivity contribution is 0.408. The summed E-state index contributed by atoms with van der Waals surface area (Å²) in [7, 11) is 0. The van der Waals surface area contributed by atoms with Gasteiger partial charge in [-0.2, -0.15) is 4.39 Å². The van der Waals surface area contributed by atoms with Crippen molar-refractivity contribution in [1.82, 2.24) is 9.97 Å². The van der Waals surface area contributed by atoms with E-state index in [9.17, 15) is 8.78 Å². The van der Waals surface area contributed by atoms with E-state index in [1.165, 1.54) is 18.5 Å². The molecule has 0 spiro atoms. The molecule has 92 valence electrons. The van der Waals surface area contributed by atoms with E-state index in [1.807, 2.05) is 0 Å². The average Bonchev–Trinajstić information content (AvgIpc) is 2.38. The predicted molar refractivity (Wildman–Crippen MR) is 62.9 cm³/mol. The number of benzene rings is 1. The van der Waals surface area contributed by atoms with Gasteiger partial charge in [-0.1, -0.05) is 6.08 Å². The highest BCUT2D eigenvalue weighted by Crippen LogP contribution is 2.26. The maximum Gasteiger partial charge on any atom is 0.201 e. The minimum absolute atomic E-state index is 0.0687. The Morgan fingerprint density at radius 3 is 2.44 bits per heavy atom. The van der Waals surface area contributed by atoms with Crippen molar-refractivity contribution in [3.05, 3.63) is 54.4 Å². The molecule has 18 heavy (non-hydrogen) atoms. The number of hydrogen-bond donors (Lipinski definition) is 1. The van der Waals surface area contributed by atoms with E-state index in [-0.39, 0.29) is 11.4 Å². The molecule has 0 unspecified atom stereocenters. The maximum absolute atomic E-state index is 13.6. The van der Waals surface area contributed by atoms with Crippen molar-refractivity contribution in [2.45, 2.75) is 6.42 Å². The fourth-order valence-corrected chi connectivity index (χ4v) is 1.48. The number of aromatic nitrogens is 2. The first-order valence-electron chi connectivity index (χ1n) is 5.22. The third-order valence-electron chi connectivity index (χ3n) is 2.39. The average molecular weight is 248 g/mol. The van der Waals surface area contributed by atoms with Crippen LogP contribution in [-0.4, -0.2) is 15.1 Å². The Labute approximate surface area is 102 Å². The third-order valence-corrected chi connectivity index (χ3v) is 2.39. The maximum atomic E-state index is 13.6. The summed E-state index contributed by atoms with van der Waals surface area (Å²) in [5.41, 5.74) is 0.740. The largest absolute Gasteiger partial charge is 0.505 e. The van der Waals surface area contributed by atoms with E-state index in [1.54, 1.807) is 6.08 Å². The first-order valence-corrected chi connectivity index (χ1v) is 5.22. The standard InChI is InChI=1S/C13H10F2N2O/c1-2-3-8-6-16-13(17-7-8)9-4-5-10(18)12(15)11(9)14/h2,4-7,18H,1,3H2. The van der Waals surface area contributed by atoms with Crippen LogP contribution in [0.5, 0.6) is 5.75 Å². The zero-order chi connectivity index (χ0) is 13.1. The zero-order valence-corrected chi connectivity index (χ0v) is 9.40. The Kier molecular flexibility index (Phi) is 3.32. The summed E-state index contributed by atoms with van der Waals surface area (Å²) in [5.74, 6) is -3.13. The predicted octanol–water partition coefficient (Wildman–Crippen LogP) is 2.86. The minimum atomic E-state index is -1.30. The van der Waals surface area contributed by atoms with Gasteiger partial charge in [-0.3, -0.25) is 0 Å². The van der Waals surface area contributed by atoms with Gasteiger partial charge in [-0.15, -0.1) is 6.58 Å². The highest BCUT2D eigenvalue weighted by Gasteiger charge is 2.15. The lowest BCUT2D eigenvalue weighted by atomic mass is 10.1. The van der Waals surface area contributed by atoms with Crippen LogP contribution in [0.4, 0.5) is 8.78 Å². The van der Waals surface area contributed by atoms with Crippen LogP contribution in [0.2, 0.25) is 0 Å². The first kappa shape index (κ1) is 12.2. The molecule has 0 saturated carbocycles. The molecule has 1 N–H and O–H groups in total. The molecule has 0 atom stereocenters. The number of hydrogen-bond acceptors (Lipinski definition) is 3. The van der Waals surface area contributed by atoms with Gasteiger partial charge in [0.05, 0.1) is 5.56 Å². The summed E-state index contributed by atoms with van der Waals surface area (Å²) < 4.78 is 26.7. The van der Waals surface area contributed by atoms with E-state index >= 15 is 0 Å². The van der Waals surface area contributed by atoms with Crippen LogP contribution in [0.1, 0.15) is 5.56 Å². The smallest absolute Gasteiger partial charge is 0.201 e. The molecule has 0 amide bonds. The third kappa shape index (κ3) is 2.20. The topological polar surface area (TPSA) is 46.0 Å². The molecule has 0 radical (unpaired) electrons. The molecule has 0 aliphatic heterocycles. The van der Waals surface area contributed by atoms with Crippen LogP contribution in [0.3, 0.4) is 0 Å². The minimum Gasteiger partial charge on any atom is -0.505 e. The van der Waals surface area contributed by atoms with Gasteiger partial charge < -0.3 is 5.11 Å². The zero-order valence-electron chi connectivity index (χ0n) is 9.40. The van der Waals surface area contributed by atoms with Crippen molar-refractivity contribution in [2.75, 3.05) is 0 Å². The monoisotopic (exact) mass is 248 g/mol. The van der Waals surface area contributed by atoms with E-state index in [0.29, 0.717) is 6.42 Å². The molecule has 5 heteroatoms. The second-order valence-corrected chi connectivity index (χ2v) is 3.67. The van der Waals surface area contributed by atoms with Crippen molar-refractivity contribution in [2.24, 2.45) is 0 Å². The molecule has 0 saturated heterocycles. The Balaban J connectivity index is 2.43. The molecule has 0 bridgehead atoms. The molecule has 0 aliphatic carbocycles. The lowest BCUT2D eigenvalue weighted by Gasteiger charge is -2.04. The van der Waals surface area contributed by atoms with E-state index in [4.69, 9.17) is 5.11 Å². The fraction of sp³-hybridized carbons (Fsp3) is 0.0769. The Morgan fingerprint density at radius 1 is 1.17 bits per heavy atom. The van der Waals surface area contributed by atoms with Crippen molar-refractivity contribution in [3.8, 4) is 17.1 Å². The van der Waals surface area contributed by atoms with Crippen LogP contribution >= 0.6 is 0 Å². The van der Waals surface area contributed by atoms with Gasteiger partial charge in [-0.25, -0.2) is 14.4 Å². The van der Waals surface area contributed by atoms with Gasteiger partial charge in [0.15, 0.2) is 17.4 Å². The van der Waals surface area contributed by atoms with Crippen molar-refractivity contribution in [3.63, 3.8) is 0 Å². The molecule has 1 aromatic carbocycles. The van der Waals surface area contributed by atoms with Gasteiger partial charge in [-0.05, 0) is 24.1 Å². The molecule has 2 rings (SSSR count). The molecule has 2 aromatic rings. The molecule has 3 nitrogen and oxygen atoms in total. The highest BCUT2D eigenvalue weighted by atomic mass is 19.2. The molecule has 0 fully saturated rings. The molecular formula is C13H10F2N2O.